The van der Waals surface area contributed by atoms with Crippen molar-refractivity contribution >= 4 is 23.4 Å². The van der Waals surface area contributed by atoms with Gasteiger partial charge in [-0.05, 0) is 19.3 Å². The Bertz CT molecular complexity index is 269. The van der Waals surface area contributed by atoms with E-state index in [-0.39, 0.29) is 11.8 Å². The van der Waals surface area contributed by atoms with Gasteiger partial charge in [-0.3, -0.25) is 9.59 Å². The van der Waals surface area contributed by atoms with Crippen LogP contribution in [0.2, 0.25) is 0 Å². The minimum Gasteiger partial charge on any atom is -0.333 e. The smallest absolute Gasteiger partial charge is 0.312 e. The first-order valence-electron chi connectivity index (χ1n) is 6.34. The van der Waals surface area contributed by atoms with Gasteiger partial charge >= 0.3 is 11.8 Å². The molecule has 0 unspecified atom stereocenters. The molecule has 1 heterocycles. The Morgan fingerprint density at radius 3 is 2.12 bits per heavy atom. The number of rotatable bonds is 7. The van der Waals surface area contributed by atoms with Crippen molar-refractivity contribution in [2.24, 2.45) is 0 Å². The van der Waals surface area contributed by atoms with E-state index in [1.54, 1.807) is 9.80 Å². The highest BCUT2D eigenvalue weighted by Crippen LogP contribution is 2.08. The minimum atomic E-state index is -0.338. The summed E-state index contributed by atoms with van der Waals surface area (Å²) in [7, 11) is 0. The molecule has 2 amide bonds. The van der Waals surface area contributed by atoms with Crippen molar-refractivity contribution in [2.75, 3.05) is 32.1 Å². The Kier molecular flexibility index (Phi) is 6.34. The molecule has 0 bridgehead atoms. The van der Waals surface area contributed by atoms with Crippen molar-refractivity contribution in [3.63, 3.8) is 0 Å². The number of carbonyl (C=O) groups excluding carboxylic acids is 2. The van der Waals surface area contributed by atoms with Crippen LogP contribution < -0.4 is 0 Å². The van der Waals surface area contributed by atoms with Gasteiger partial charge in [-0.1, -0.05) is 13.3 Å². The van der Waals surface area contributed by atoms with Crippen molar-refractivity contribution in [3.05, 3.63) is 0 Å². The van der Waals surface area contributed by atoms with Gasteiger partial charge < -0.3 is 9.80 Å². The summed E-state index contributed by atoms with van der Waals surface area (Å²) in [6.07, 6.45) is 3.81. The zero-order valence-electron chi connectivity index (χ0n) is 10.5. The SMILES string of the molecule is CCCN1CCN(CCCCCCl)C(=O)C1=O. The van der Waals surface area contributed by atoms with E-state index in [2.05, 4.69) is 0 Å². The molecule has 1 saturated heterocycles. The molecular weight excluding hydrogens is 240 g/mol. The summed E-state index contributed by atoms with van der Waals surface area (Å²) in [5.41, 5.74) is 0. The van der Waals surface area contributed by atoms with Gasteiger partial charge in [0.2, 0.25) is 0 Å². The fourth-order valence-corrected chi connectivity index (χ4v) is 2.17. The molecular formula is C12H21ClN2O2. The summed E-state index contributed by atoms with van der Waals surface area (Å²) in [5.74, 6) is -0.0111. The quantitative estimate of drug-likeness (QED) is 0.395. The Balaban J connectivity index is 2.35. The van der Waals surface area contributed by atoms with Crippen LogP contribution in [0, 0.1) is 0 Å². The molecule has 5 heteroatoms. The molecule has 4 nitrogen and oxygen atoms in total. The number of hydrogen-bond donors (Lipinski definition) is 0. The third-order valence-corrected chi connectivity index (χ3v) is 3.22. The average Bonchev–Trinajstić information content (AvgIpc) is 2.33. The summed E-state index contributed by atoms with van der Waals surface area (Å²) in [5, 5.41) is 0. The van der Waals surface area contributed by atoms with Gasteiger partial charge in [0, 0.05) is 32.1 Å². The predicted octanol–water partition coefficient (Wildman–Crippen LogP) is 1.48. The van der Waals surface area contributed by atoms with Crippen molar-refractivity contribution in [2.45, 2.75) is 32.6 Å². The summed E-state index contributed by atoms with van der Waals surface area (Å²) >= 11 is 5.59. The standard InChI is InChI=1S/C12H21ClN2O2/c1-2-7-14-9-10-15(12(17)11(14)16)8-5-3-4-6-13/h2-10H2,1H3. The van der Waals surface area contributed by atoms with Crippen molar-refractivity contribution in [1.82, 2.24) is 9.80 Å². The maximum absolute atomic E-state index is 11.8. The first-order chi connectivity index (χ1) is 8.20. The first-order valence-corrected chi connectivity index (χ1v) is 6.88. The lowest BCUT2D eigenvalue weighted by Crippen LogP contribution is -2.54. The highest BCUT2D eigenvalue weighted by molar-refractivity contribution is 6.35. The molecule has 1 aliphatic heterocycles. The maximum Gasteiger partial charge on any atom is 0.312 e. The second kappa shape index (κ2) is 7.54. The van der Waals surface area contributed by atoms with Crippen LogP contribution in [0.1, 0.15) is 32.6 Å². The molecule has 0 radical (unpaired) electrons. The molecule has 1 fully saturated rings. The van der Waals surface area contributed by atoms with E-state index in [0.29, 0.717) is 32.1 Å². The lowest BCUT2D eigenvalue weighted by molar-refractivity contribution is -0.156. The maximum atomic E-state index is 11.8. The Morgan fingerprint density at radius 2 is 1.59 bits per heavy atom. The van der Waals surface area contributed by atoms with Gasteiger partial charge in [0.05, 0.1) is 0 Å². The van der Waals surface area contributed by atoms with Crippen LogP contribution in [0.5, 0.6) is 0 Å². The average molecular weight is 261 g/mol. The van der Waals surface area contributed by atoms with Crippen LogP contribution >= 0.6 is 11.6 Å². The summed E-state index contributed by atoms with van der Waals surface area (Å²) in [6.45, 7) is 4.72. The van der Waals surface area contributed by atoms with E-state index in [9.17, 15) is 9.59 Å². The molecule has 0 aromatic carbocycles. The molecule has 0 N–H and O–H groups in total. The Morgan fingerprint density at radius 1 is 1.00 bits per heavy atom. The van der Waals surface area contributed by atoms with Gasteiger partial charge in [-0.2, -0.15) is 0 Å². The second-order valence-corrected chi connectivity index (χ2v) is 4.71. The number of carbonyl (C=O) groups is 2. The molecule has 98 valence electrons. The molecule has 0 atom stereocenters. The third kappa shape index (κ3) is 4.19. The molecule has 0 saturated carbocycles. The van der Waals surface area contributed by atoms with E-state index >= 15 is 0 Å². The fourth-order valence-electron chi connectivity index (χ4n) is 1.99. The molecule has 0 aliphatic carbocycles. The van der Waals surface area contributed by atoms with E-state index in [1.165, 1.54) is 0 Å². The Hall–Kier alpha value is -0.770. The number of amides is 2. The Labute approximate surface area is 108 Å². The van der Waals surface area contributed by atoms with Crippen LogP contribution in [0.4, 0.5) is 0 Å². The topological polar surface area (TPSA) is 40.6 Å². The van der Waals surface area contributed by atoms with Gasteiger partial charge in [0.25, 0.3) is 0 Å². The summed E-state index contributed by atoms with van der Waals surface area (Å²) < 4.78 is 0. The first kappa shape index (κ1) is 14.3. The number of halogens is 1. The van der Waals surface area contributed by atoms with Crippen LogP contribution in [0.15, 0.2) is 0 Å². The van der Waals surface area contributed by atoms with Gasteiger partial charge in [0.15, 0.2) is 0 Å². The second-order valence-electron chi connectivity index (χ2n) is 4.33. The molecule has 0 aromatic rings. The number of hydrogen-bond acceptors (Lipinski definition) is 2. The molecule has 0 spiro atoms. The minimum absolute atomic E-state index is 0.337. The lowest BCUT2D eigenvalue weighted by atomic mass is 10.2. The monoisotopic (exact) mass is 260 g/mol. The summed E-state index contributed by atoms with van der Waals surface area (Å²) in [6, 6.07) is 0. The van der Waals surface area contributed by atoms with E-state index in [1.807, 2.05) is 6.92 Å². The zero-order valence-corrected chi connectivity index (χ0v) is 11.2. The fraction of sp³-hybridized carbons (Fsp3) is 0.833. The predicted molar refractivity (Wildman–Crippen MR) is 68.0 cm³/mol. The van der Waals surface area contributed by atoms with Gasteiger partial charge in [0.1, 0.15) is 0 Å². The van der Waals surface area contributed by atoms with E-state index in [4.69, 9.17) is 11.6 Å². The zero-order chi connectivity index (χ0) is 12.7. The third-order valence-electron chi connectivity index (χ3n) is 2.95. The van der Waals surface area contributed by atoms with E-state index in [0.717, 1.165) is 25.7 Å². The number of unbranched alkanes of at least 4 members (excludes halogenated alkanes) is 2. The van der Waals surface area contributed by atoms with Crippen molar-refractivity contribution in [3.8, 4) is 0 Å². The van der Waals surface area contributed by atoms with Gasteiger partial charge in [-0.15, -0.1) is 11.6 Å². The van der Waals surface area contributed by atoms with Crippen LogP contribution in [0.25, 0.3) is 0 Å². The molecule has 1 rings (SSSR count). The van der Waals surface area contributed by atoms with Crippen molar-refractivity contribution < 1.29 is 9.59 Å². The van der Waals surface area contributed by atoms with E-state index < -0.39 is 0 Å². The normalized spacial score (nSPS) is 16.8. The van der Waals surface area contributed by atoms with Crippen LogP contribution in [-0.2, 0) is 9.59 Å². The highest BCUT2D eigenvalue weighted by atomic mass is 35.5. The number of nitrogens with zero attached hydrogens (tertiary/aromatic N) is 2. The molecule has 17 heavy (non-hydrogen) atoms. The van der Waals surface area contributed by atoms with Crippen molar-refractivity contribution in [1.29, 1.82) is 0 Å². The van der Waals surface area contributed by atoms with Gasteiger partial charge in [-0.25, -0.2) is 0 Å². The largest absolute Gasteiger partial charge is 0.333 e. The number of piperazine rings is 1. The summed E-state index contributed by atoms with van der Waals surface area (Å²) in [4.78, 5) is 26.8. The lowest BCUT2D eigenvalue weighted by Gasteiger charge is -2.33. The highest BCUT2D eigenvalue weighted by Gasteiger charge is 2.31. The van der Waals surface area contributed by atoms with Crippen LogP contribution in [-0.4, -0.2) is 53.7 Å². The van der Waals surface area contributed by atoms with Crippen LogP contribution in [0.3, 0.4) is 0 Å². The molecule has 1 aliphatic rings. The molecule has 0 aromatic heterocycles. The number of alkyl halides is 1.